The molecule has 0 amide bonds. The molecule has 0 radical (unpaired) electrons. The van der Waals surface area contributed by atoms with Crippen LogP contribution >= 0.6 is 0 Å². The third kappa shape index (κ3) is 5.61. The van der Waals surface area contributed by atoms with Crippen LogP contribution in [0.15, 0.2) is 0 Å². The Morgan fingerprint density at radius 1 is 1.16 bits per heavy atom. The lowest BCUT2D eigenvalue weighted by atomic mass is 9.93. The largest absolute Gasteiger partial charge is 0.460 e. The number of carbonyl (C=O) groups is 2. The lowest BCUT2D eigenvalue weighted by molar-refractivity contribution is -0.158. The third-order valence-corrected chi connectivity index (χ3v) is 2.98. The molecule has 0 N–H and O–H groups in total. The summed E-state index contributed by atoms with van der Waals surface area (Å²) >= 11 is 0. The summed E-state index contributed by atoms with van der Waals surface area (Å²) in [5.74, 6) is -0.999. The van der Waals surface area contributed by atoms with Crippen LogP contribution in [-0.2, 0) is 14.3 Å². The first-order valence-corrected chi connectivity index (χ1v) is 6.25. The van der Waals surface area contributed by atoms with Gasteiger partial charge < -0.3 is 4.74 Å². The minimum Gasteiger partial charge on any atom is -0.460 e. The van der Waals surface area contributed by atoms with Gasteiger partial charge in [0.25, 0.3) is 0 Å². The molecule has 0 atom stereocenters. The first-order valence-electron chi connectivity index (χ1n) is 6.25. The molecule has 0 aromatic rings. The fourth-order valence-corrected chi connectivity index (χ4v) is 1.88. The Morgan fingerprint density at radius 3 is 2.05 bits per heavy atom. The fourth-order valence-electron chi connectivity index (χ4n) is 1.88. The molecule has 0 aromatic heterocycles. The van der Waals surface area contributed by atoms with Crippen molar-refractivity contribution in [3.8, 4) is 0 Å². The van der Waals surface area contributed by atoms with Crippen molar-refractivity contribution >= 4 is 11.8 Å². The molecule has 110 valence electrons. The molecular weight excluding hydrogens is 261 g/mol. The van der Waals surface area contributed by atoms with Gasteiger partial charge in [0, 0.05) is 11.8 Å². The van der Waals surface area contributed by atoms with E-state index in [9.17, 15) is 22.8 Å². The Morgan fingerprint density at radius 2 is 1.68 bits per heavy atom. The average molecular weight is 280 g/mol. The Kier molecular flexibility index (Phi) is 4.32. The van der Waals surface area contributed by atoms with Crippen LogP contribution in [0.5, 0.6) is 0 Å². The molecule has 0 heterocycles. The van der Waals surface area contributed by atoms with Crippen LogP contribution in [0.2, 0.25) is 0 Å². The van der Waals surface area contributed by atoms with E-state index in [0.29, 0.717) is 12.8 Å². The van der Waals surface area contributed by atoms with Crippen LogP contribution in [0.25, 0.3) is 0 Å². The van der Waals surface area contributed by atoms with E-state index < -0.39 is 41.8 Å². The maximum atomic E-state index is 12.1. The second kappa shape index (κ2) is 5.13. The van der Waals surface area contributed by atoms with Gasteiger partial charge in [0.1, 0.15) is 11.4 Å². The minimum absolute atomic E-state index is 0.110. The van der Waals surface area contributed by atoms with Crippen LogP contribution in [0, 0.1) is 5.41 Å². The predicted octanol–water partition coefficient (Wildman–Crippen LogP) is 3.41. The topological polar surface area (TPSA) is 43.4 Å². The van der Waals surface area contributed by atoms with Crippen LogP contribution in [0.1, 0.15) is 52.9 Å². The Balaban J connectivity index is 2.48. The van der Waals surface area contributed by atoms with E-state index in [1.807, 2.05) is 0 Å². The van der Waals surface area contributed by atoms with Crippen molar-refractivity contribution in [2.24, 2.45) is 5.41 Å². The molecule has 0 aromatic carbocycles. The van der Waals surface area contributed by atoms with E-state index in [0.717, 1.165) is 0 Å². The molecule has 1 rings (SSSR count). The highest BCUT2D eigenvalue weighted by Crippen LogP contribution is 2.51. The molecule has 0 unspecified atom stereocenters. The molecule has 0 bridgehead atoms. The number of halogens is 3. The van der Waals surface area contributed by atoms with Crippen LogP contribution in [0.4, 0.5) is 13.2 Å². The van der Waals surface area contributed by atoms with Crippen molar-refractivity contribution in [1.29, 1.82) is 0 Å². The smallest absolute Gasteiger partial charge is 0.389 e. The maximum Gasteiger partial charge on any atom is 0.389 e. The Bertz CT molecular complexity index is 362. The molecular formula is C13H19F3O3. The summed E-state index contributed by atoms with van der Waals surface area (Å²) < 4.78 is 41.3. The zero-order valence-electron chi connectivity index (χ0n) is 11.4. The summed E-state index contributed by atoms with van der Waals surface area (Å²) in [6, 6.07) is 0. The van der Waals surface area contributed by atoms with Crippen LogP contribution in [0.3, 0.4) is 0 Å². The summed E-state index contributed by atoms with van der Waals surface area (Å²) in [6.45, 7) is 5.11. The number of Topliss-reactive ketones (excluding diaryl/α,β-unsaturated/α-hetero) is 1. The van der Waals surface area contributed by atoms with E-state index >= 15 is 0 Å². The Hall–Kier alpha value is -1.07. The van der Waals surface area contributed by atoms with Gasteiger partial charge in [-0.2, -0.15) is 13.2 Å². The molecule has 0 saturated heterocycles. The van der Waals surface area contributed by atoms with E-state index in [-0.39, 0.29) is 6.42 Å². The minimum atomic E-state index is -4.34. The second-order valence-corrected chi connectivity index (χ2v) is 6.08. The van der Waals surface area contributed by atoms with Crippen LogP contribution < -0.4 is 0 Å². The summed E-state index contributed by atoms with van der Waals surface area (Å²) in [4.78, 5) is 23.4. The average Bonchev–Trinajstić information content (AvgIpc) is 2.90. The highest BCUT2D eigenvalue weighted by atomic mass is 19.4. The zero-order chi connectivity index (χ0) is 14.9. The fraction of sp³-hybridized carbons (Fsp3) is 0.846. The number of ketones is 1. The number of esters is 1. The first kappa shape index (κ1) is 16.0. The normalized spacial score (nSPS) is 18.0. The second-order valence-electron chi connectivity index (χ2n) is 6.08. The van der Waals surface area contributed by atoms with Gasteiger partial charge in [-0.25, -0.2) is 0 Å². The molecule has 6 heteroatoms. The van der Waals surface area contributed by atoms with Gasteiger partial charge in [-0.1, -0.05) is 0 Å². The highest BCUT2D eigenvalue weighted by Gasteiger charge is 2.51. The van der Waals surface area contributed by atoms with E-state index in [1.165, 1.54) is 0 Å². The molecule has 1 fully saturated rings. The summed E-state index contributed by atoms with van der Waals surface area (Å²) in [7, 11) is 0. The van der Waals surface area contributed by atoms with Crippen molar-refractivity contribution in [2.75, 3.05) is 0 Å². The van der Waals surface area contributed by atoms with Crippen molar-refractivity contribution in [3.05, 3.63) is 0 Å². The van der Waals surface area contributed by atoms with Crippen molar-refractivity contribution in [3.63, 3.8) is 0 Å². The van der Waals surface area contributed by atoms with E-state index in [2.05, 4.69) is 0 Å². The number of carbonyl (C=O) groups excluding carboxylic acids is 2. The van der Waals surface area contributed by atoms with Gasteiger partial charge in [-0.3, -0.25) is 9.59 Å². The lowest BCUT2D eigenvalue weighted by Gasteiger charge is -2.21. The van der Waals surface area contributed by atoms with Crippen LogP contribution in [-0.4, -0.2) is 23.5 Å². The van der Waals surface area contributed by atoms with Gasteiger partial charge in [-0.05, 0) is 33.6 Å². The number of hydrogen-bond acceptors (Lipinski definition) is 3. The summed E-state index contributed by atoms with van der Waals surface area (Å²) in [6.07, 6.45) is -5.17. The maximum absolute atomic E-state index is 12.1. The quantitative estimate of drug-likeness (QED) is 0.725. The van der Waals surface area contributed by atoms with Gasteiger partial charge in [-0.15, -0.1) is 0 Å². The summed E-state index contributed by atoms with van der Waals surface area (Å²) in [5.41, 5.74) is -1.55. The van der Waals surface area contributed by atoms with Crippen molar-refractivity contribution < 1.29 is 27.5 Å². The van der Waals surface area contributed by atoms with Crippen molar-refractivity contribution in [2.45, 2.75) is 64.7 Å². The van der Waals surface area contributed by atoms with Gasteiger partial charge in [0.15, 0.2) is 0 Å². The Labute approximate surface area is 110 Å². The predicted molar refractivity (Wildman–Crippen MR) is 62.4 cm³/mol. The standard InChI is InChI=1S/C13H19F3O3/c1-11(2,3)19-10(18)8-12(6-7-12)9(17)4-5-13(14,15)16/h4-8H2,1-3H3. The third-order valence-electron chi connectivity index (χ3n) is 2.98. The number of rotatable bonds is 5. The van der Waals surface area contributed by atoms with Gasteiger partial charge >= 0.3 is 12.1 Å². The molecule has 1 saturated carbocycles. The molecule has 19 heavy (non-hydrogen) atoms. The van der Waals surface area contributed by atoms with E-state index in [1.54, 1.807) is 20.8 Å². The highest BCUT2D eigenvalue weighted by molar-refractivity contribution is 5.91. The van der Waals surface area contributed by atoms with Gasteiger partial charge in [0.2, 0.25) is 0 Å². The SMILES string of the molecule is CC(C)(C)OC(=O)CC1(C(=O)CCC(F)(F)F)CC1. The van der Waals surface area contributed by atoms with Crippen molar-refractivity contribution in [1.82, 2.24) is 0 Å². The summed E-state index contributed by atoms with van der Waals surface area (Å²) in [5, 5.41) is 0. The number of alkyl halides is 3. The number of hydrogen-bond donors (Lipinski definition) is 0. The monoisotopic (exact) mass is 280 g/mol. The molecule has 3 nitrogen and oxygen atoms in total. The molecule has 0 spiro atoms. The lowest BCUT2D eigenvalue weighted by Crippen LogP contribution is -2.28. The number of ether oxygens (including phenoxy) is 1. The molecule has 1 aliphatic carbocycles. The van der Waals surface area contributed by atoms with Gasteiger partial charge in [0.05, 0.1) is 12.8 Å². The van der Waals surface area contributed by atoms with E-state index in [4.69, 9.17) is 4.74 Å². The molecule has 1 aliphatic rings. The first-order chi connectivity index (χ1) is 8.44. The molecule has 0 aliphatic heterocycles. The zero-order valence-corrected chi connectivity index (χ0v) is 11.4.